The topological polar surface area (TPSA) is 82.9 Å². The highest BCUT2D eigenvalue weighted by atomic mass is 32.2. The predicted molar refractivity (Wildman–Crippen MR) is 124 cm³/mol. The van der Waals surface area contributed by atoms with Crippen molar-refractivity contribution in [2.75, 3.05) is 10.5 Å². The summed E-state index contributed by atoms with van der Waals surface area (Å²) in [5, 5.41) is 10.3. The van der Waals surface area contributed by atoms with Crippen LogP contribution in [0, 0.1) is 23.1 Å². The Morgan fingerprint density at radius 1 is 1.09 bits per heavy atom. The summed E-state index contributed by atoms with van der Waals surface area (Å²) < 4.78 is 42.0. The molecule has 0 unspecified atom stereocenters. The Balaban J connectivity index is 1.75. The molecule has 0 saturated heterocycles. The summed E-state index contributed by atoms with van der Waals surface area (Å²) in [4.78, 5) is 4.77. The molecular weight excluding hydrogens is 445 g/mol. The molecule has 164 valence electrons. The number of halogens is 1. The monoisotopic (exact) mass is 467 g/mol. The van der Waals surface area contributed by atoms with Crippen molar-refractivity contribution in [3.8, 4) is 17.3 Å². The second-order valence-corrected chi connectivity index (χ2v) is 10.4. The highest BCUT2D eigenvalue weighted by Gasteiger charge is 2.22. The van der Waals surface area contributed by atoms with Gasteiger partial charge >= 0.3 is 0 Å². The van der Waals surface area contributed by atoms with Crippen LogP contribution >= 0.6 is 11.8 Å². The molecule has 1 aliphatic rings. The summed E-state index contributed by atoms with van der Waals surface area (Å²) >= 11 is 1.52. The van der Waals surface area contributed by atoms with Crippen molar-refractivity contribution in [3.05, 3.63) is 72.0 Å². The molecule has 0 atom stereocenters. The number of anilines is 1. The van der Waals surface area contributed by atoms with Gasteiger partial charge in [0, 0.05) is 11.3 Å². The number of hydrogen-bond acceptors (Lipinski definition) is 5. The molecule has 1 heterocycles. The number of rotatable bonds is 7. The molecular formula is C24H22FN3O2S2. The van der Waals surface area contributed by atoms with Crippen LogP contribution in [0.3, 0.4) is 0 Å². The van der Waals surface area contributed by atoms with Gasteiger partial charge in [-0.3, -0.25) is 4.72 Å². The average Bonchev–Trinajstić information content (AvgIpc) is 3.32. The molecule has 0 aliphatic heterocycles. The van der Waals surface area contributed by atoms with Crippen LogP contribution < -0.4 is 4.72 Å². The fourth-order valence-electron chi connectivity index (χ4n) is 3.77. The third-order valence-electron chi connectivity index (χ3n) is 5.45. The van der Waals surface area contributed by atoms with Crippen LogP contribution in [0.15, 0.2) is 70.6 Å². The summed E-state index contributed by atoms with van der Waals surface area (Å²) in [7, 11) is -3.90. The molecule has 0 spiro atoms. The molecule has 5 nitrogen and oxygen atoms in total. The van der Waals surface area contributed by atoms with Crippen molar-refractivity contribution in [2.45, 2.75) is 35.6 Å². The maximum absolute atomic E-state index is 13.5. The predicted octanol–water partition coefficient (Wildman–Crippen LogP) is 5.84. The number of sulfonamides is 1. The minimum Gasteiger partial charge on any atom is -0.277 e. The van der Waals surface area contributed by atoms with E-state index in [1.165, 1.54) is 67.8 Å². The van der Waals surface area contributed by atoms with Crippen molar-refractivity contribution >= 4 is 27.5 Å². The van der Waals surface area contributed by atoms with Crippen LogP contribution in [-0.4, -0.2) is 19.2 Å². The zero-order chi connectivity index (χ0) is 22.6. The summed E-state index contributed by atoms with van der Waals surface area (Å²) in [6.07, 6.45) is 4.80. The molecule has 1 saturated carbocycles. The van der Waals surface area contributed by atoms with E-state index in [9.17, 15) is 18.1 Å². The minimum absolute atomic E-state index is 0.100. The quantitative estimate of drug-likeness (QED) is 0.441. The SMILES string of the molecule is N#Cc1cc(NS(=O)(=O)c2ccccc2)c(-c2ccc(F)cc2)nc1SCC1CCCC1. The first-order valence-corrected chi connectivity index (χ1v) is 12.8. The second-order valence-electron chi connectivity index (χ2n) is 7.74. The molecule has 32 heavy (non-hydrogen) atoms. The summed E-state index contributed by atoms with van der Waals surface area (Å²) in [6, 6.07) is 17.4. The molecule has 0 amide bonds. The third-order valence-corrected chi connectivity index (χ3v) is 8.06. The van der Waals surface area contributed by atoms with E-state index in [2.05, 4.69) is 15.8 Å². The van der Waals surface area contributed by atoms with Gasteiger partial charge in [0.05, 0.1) is 21.8 Å². The lowest BCUT2D eigenvalue weighted by molar-refractivity contribution is 0.601. The summed E-state index contributed by atoms with van der Waals surface area (Å²) in [6.45, 7) is 0. The first-order valence-electron chi connectivity index (χ1n) is 10.4. The lowest BCUT2D eigenvalue weighted by Gasteiger charge is -2.16. The van der Waals surface area contributed by atoms with Crippen LogP contribution in [-0.2, 0) is 10.0 Å². The van der Waals surface area contributed by atoms with Gasteiger partial charge in [0.1, 0.15) is 16.9 Å². The molecule has 1 fully saturated rings. The van der Waals surface area contributed by atoms with E-state index in [4.69, 9.17) is 0 Å². The largest absolute Gasteiger partial charge is 0.277 e. The van der Waals surface area contributed by atoms with Crippen molar-refractivity contribution in [1.82, 2.24) is 4.98 Å². The fourth-order valence-corrected chi connectivity index (χ4v) is 5.99. The van der Waals surface area contributed by atoms with Crippen LogP contribution in [0.25, 0.3) is 11.3 Å². The van der Waals surface area contributed by atoms with Crippen molar-refractivity contribution in [1.29, 1.82) is 5.26 Å². The normalized spacial score (nSPS) is 14.2. The number of nitrogens with one attached hydrogen (secondary N) is 1. The minimum atomic E-state index is -3.90. The van der Waals surface area contributed by atoms with Crippen LogP contribution in [0.2, 0.25) is 0 Å². The Labute approximate surface area is 191 Å². The maximum atomic E-state index is 13.5. The van der Waals surface area contributed by atoms with Crippen LogP contribution in [0.4, 0.5) is 10.1 Å². The van der Waals surface area contributed by atoms with E-state index in [1.54, 1.807) is 30.3 Å². The Bertz CT molecular complexity index is 1230. The van der Waals surface area contributed by atoms with Crippen molar-refractivity contribution in [2.24, 2.45) is 5.92 Å². The lowest BCUT2D eigenvalue weighted by atomic mass is 10.1. The molecule has 0 radical (unpaired) electrons. The molecule has 4 rings (SSSR count). The zero-order valence-corrected chi connectivity index (χ0v) is 18.9. The number of nitrogens with zero attached hydrogens (tertiary/aromatic N) is 2. The molecule has 1 N–H and O–H groups in total. The molecule has 1 aromatic heterocycles. The Kier molecular flexibility index (Phi) is 6.77. The van der Waals surface area contributed by atoms with E-state index in [0.29, 0.717) is 27.8 Å². The van der Waals surface area contributed by atoms with E-state index in [0.717, 1.165) is 5.75 Å². The van der Waals surface area contributed by atoms with E-state index < -0.39 is 15.8 Å². The summed E-state index contributed by atoms with van der Waals surface area (Å²) in [5.41, 5.74) is 1.41. The van der Waals surface area contributed by atoms with Gasteiger partial charge in [0.25, 0.3) is 10.0 Å². The van der Waals surface area contributed by atoms with E-state index in [-0.39, 0.29) is 10.6 Å². The first kappa shape index (κ1) is 22.3. The van der Waals surface area contributed by atoms with Gasteiger partial charge in [-0.15, -0.1) is 11.8 Å². The first-order chi connectivity index (χ1) is 15.5. The molecule has 8 heteroatoms. The maximum Gasteiger partial charge on any atom is 0.261 e. The van der Waals surface area contributed by atoms with Gasteiger partial charge < -0.3 is 0 Å². The molecule has 2 aromatic carbocycles. The smallest absolute Gasteiger partial charge is 0.261 e. The fraction of sp³-hybridized carbons (Fsp3) is 0.250. The van der Waals surface area contributed by atoms with Crippen molar-refractivity contribution in [3.63, 3.8) is 0 Å². The van der Waals surface area contributed by atoms with Gasteiger partial charge in [-0.05, 0) is 61.2 Å². The van der Waals surface area contributed by atoms with Gasteiger partial charge in [-0.1, -0.05) is 31.0 Å². The standard InChI is InChI=1S/C24H22FN3O2S2/c25-20-12-10-18(11-13-20)23-22(28-32(29,30)21-8-2-1-3-9-21)14-19(15-26)24(27-23)31-16-17-6-4-5-7-17/h1-3,8-14,17,28H,4-7,16H2. The van der Waals surface area contributed by atoms with Gasteiger partial charge in [0.2, 0.25) is 0 Å². The van der Waals surface area contributed by atoms with Crippen LogP contribution in [0.1, 0.15) is 31.2 Å². The third kappa shape index (κ3) is 5.12. The number of hydrogen-bond donors (Lipinski definition) is 1. The van der Waals surface area contributed by atoms with Crippen molar-refractivity contribution < 1.29 is 12.8 Å². The highest BCUT2D eigenvalue weighted by Crippen LogP contribution is 2.36. The average molecular weight is 468 g/mol. The van der Waals surface area contributed by atoms with E-state index in [1.807, 2.05) is 0 Å². The zero-order valence-electron chi connectivity index (χ0n) is 17.3. The Morgan fingerprint density at radius 2 is 1.78 bits per heavy atom. The Morgan fingerprint density at radius 3 is 2.44 bits per heavy atom. The highest BCUT2D eigenvalue weighted by molar-refractivity contribution is 7.99. The number of aromatic nitrogens is 1. The van der Waals surface area contributed by atoms with Gasteiger partial charge in [0.15, 0.2) is 0 Å². The molecule has 3 aromatic rings. The number of pyridine rings is 1. The van der Waals surface area contributed by atoms with Gasteiger partial charge in [-0.25, -0.2) is 17.8 Å². The Hall–Kier alpha value is -2.89. The number of thioether (sulfide) groups is 1. The number of nitriles is 1. The van der Waals surface area contributed by atoms with E-state index >= 15 is 0 Å². The molecule has 0 bridgehead atoms. The molecule has 1 aliphatic carbocycles. The van der Waals surface area contributed by atoms with Gasteiger partial charge in [-0.2, -0.15) is 5.26 Å². The number of benzene rings is 2. The van der Waals surface area contributed by atoms with Crippen LogP contribution in [0.5, 0.6) is 0 Å². The lowest BCUT2D eigenvalue weighted by Crippen LogP contribution is -2.14. The summed E-state index contributed by atoms with van der Waals surface area (Å²) in [5.74, 6) is 1.06. The second kappa shape index (κ2) is 9.72.